The zero-order valence-corrected chi connectivity index (χ0v) is 11.9. The third kappa shape index (κ3) is 2.44. The molecule has 0 atom stereocenters. The van der Waals surface area contributed by atoms with Crippen molar-refractivity contribution in [2.45, 2.75) is 44.8 Å². The molecule has 0 aromatic heterocycles. The summed E-state index contributed by atoms with van der Waals surface area (Å²) < 4.78 is 24.6. The molecule has 1 aliphatic carbocycles. The van der Waals surface area contributed by atoms with Crippen molar-refractivity contribution in [1.29, 1.82) is 0 Å². The Bertz CT molecular complexity index is 561. The minimum Gasteiger partial charge on any atom is -0.483 e. The molecule has 2 aliphatic rings. The lowest BCUT2D eigenvalue weighted by atomic mass is 10.1. The van der Waals surface area contributed by atoms with E-state index in [1.54, 1.807) is 11.0 Å². The topological polar surface area (TPSA) is 38.8 Å². The van der Waals surface area contributed by atoms with Gasteiger partial charge in [0.25, 0.3) is 0 Å². The summed E-state index contributed by atoms with van der Waals surface area (Å²) in [6, 6.07) is 4.21. The molecule has 0 unspecified atom stereocenters. The fourth-order valence-electron chi connectivity index (χ4n) is 2.31. The molecule has 1 aliphatic heterocycles. The Morgan fingerprint density at radius 3 is 2.70 bits per heavy atom. The predicted molar refractivity (Wildman–Crippen MR) is 72.6 cm³/mol. The number of rotatable bonds is 0. The number of benzene rings is 1. The van der Waals surface area contributed by atoms with Gasteiger partial charge in [-0.3, -0.25) is 4.90 Å². The minimum atomic E-state index is -0.563. The second kappa shape index (κ2) is 4.11. The van der Waals surface area contributed by atoms with E-state index in [0.29, 0.717) is 18.0 Å². The van der Waals surface area contributed by atoms with Gasteiger partial charge in [-0.05, 0) is 45.7 Å². The van der Waals surface area contributed by atoms with Crippen LogP contribution >= 0.6 is 0 Å². The summed E-state index contributed by atoms with van der Waals surface area (Å²) >= 11 is 0. The van der Waals surface area contributed by atoms with Gasteiger partial charge in [-0.25, -0.2) is 9.18 Å². The van der Waals surface area contributed by atoms with Crippen molar-refractivity contribution in [3.05, 3.63) is 24.0 Å². The Hall–Kier alpha value is -1.78. The molecule has 1 saturated carbocycles. The third-order valence-corrected chi connectivity index (χ3v) is 3.41. The average Bonchev–Trinajstić information content (AvgIpc) is 3.04. The van der Waals surface area contributed by atoms with Crippen molar-refractivity contribution in [1.82, 2.24) is 0 Å². The molecule has 1 heterocycles. The molecule has 3 rings (SSSR count). The molecule has 1 fully saturated rings. The number of carbonyl (C=O) groups excluding carboxylic acids is 1. The maximum Gasteiger partial charge on any atom is 0.415 e. The molecule has 5 heteroatoms. The Balaban J connectivity index is 1.93. The van der Waals surface area contributed by atoms with Gasteiger partial charge < -0.3 is 9.47 Å². The summed E-state index contributed by atoms with van der Waals surface area (Å²) in [6.45, 7) is 5.93. The first-order valence-corrected chi connectivity index (χ1v) is 6.77. The highest BCUT2D eigenvalue weighted by Crippen LogP contribution is 2.48. The quantitative estimate of drug-likeness (QED) is 0.729. The number of amides is 1. The standard InChI is InChI=1S/C15H18FNO3/c1-14(2,3)20-13(18)17-9-15(6-7-15)19-12-8-10(16)4-5-11(12)17/h4-5,8H,6-7,9H2,1-3H3. The highest BCUT2D eigenvalue weighted by Gasteiger charge is 2.52. The van der Waals surface area contributed by atoms with Crippen LogP contribution in [0.5, 0.6) is 5.75 Å². The third-order valence-electron chi connectivity index (χ3n) is 3.41. The van der Waals surface area contributed by atoms with E-state index in [1.165, 1.54) is 12.1 Å². The van der Waals surface area contributed by atoms with E-state index in [1.807, 2.05) is 20.8 Å². The number of hydrogen-bond donors (Lipinski definition) is 0. The predicted octanol–water partition coefficient (Wildman–Crippen LogP) is 3.49. The van der Waals surface area contributed by atoms with Gasteiger partial charge >= 0.3 is 6.09 Å². The number of fused-ring (bicyclic) bond motifs is 1. The summed E-state index contributed by atoms with van der Waals surface area (Å²) in [5, 5.41) is 0. The lowest BCUT2D eigenvalue weighted by Crippen LogP contribution is -2.47. The lowest BCUT2D eigenvalue weighted by Gasteiger charge is -2.36. The van der Waals surface area contributed by atoms with Crippen molar-refractivity contribution < 1.29 is 18.7 Å². The molecule has 0 radical (unpaired) electrons. The largest absolute Gasteiger partial charge is 0.483 e. The number of hydrogen-bond acceptors (Lipinski definition) is 3. The second-order valence-electron chi connectivity index (χ2n) is 6.46. The minimum absolute atomic E-state index is 0.350. The van der Waals surface area contributed by atoms with Crippen molar-refractivity contribution >= 4 is 11.8 Å². The molecule has 0 saturated heterocycles. The van der Waals surface area contributed by atoms with Crippen LogP contribution in [-0.4, -0.2) is 23.8 Å². The summed E-state index contributed by atoms with van der Waals surface area (Å²) in [5.74, 6) is 0.0465. The molecule has 0 bridgehead atoms. The molecule has 1 aromatic carbocycles. The van der Waals surface area contributed by atoms with Crippen LogP contribution in [0.15, 0.2) is 18.2 Å². The van der Waals surface area contributed by atoms with Crippen LogP contribution in [-0.2, 0) is 4.74 Å². The highest BCUT2D eigenvalue weighted by molar-refractivity contribution is 5.91. The summed E-state index contributed by atoms with van der Waals surface area (Å²) in [5.41, 5.74) is -0.345. The SMILES string of the molecule is CC(C)(C)OC(=O)N1CC2(CC2)Oc2cc(F)ccc21. The smallest absolute Gasteiger partial charge is 0.415 e. The first-order valence-electron chi connectivity index (χ1n) is 6.77. The number of anilines is 1. The van der Waals surface area contributed by atoms with E-state index < -0.39 is 11.7 Å². The van der Waals surface area contributed by atoms with E-state index in [0.717, 1.165) is 12.8 Å². The van der Waals surface area contributed by atoms with Gasteiger partial charge in [-0.2, -0.15) is 0 Å². The van der Waals surface area contributed by atoms with Crippen molar-refractivity contribution in [2.75, 3.05) is 11.4 Å². The van der Waals surface area contributed by atoms with Gasteiger partial charge in [0.15, 0.2) is 0 Å². The van der Waals surface area contributed by atoms with Crippen LogP contribution in [0.1, 0.15) is 33.6 Å². The summed E-state index contributed by atoms with van der Waals surface area (Å²) in [7, 11) is 0. The van der Waals surface area contributed by atoms with E-state index in [4.69, 9.17) is 9.47 Å². The van der Waals surface area contributed by atoms with Gasteiger partial charge in [0.2, 0.25) is 0 Å². The van der Waals surface area contributed by atoms with Crippen LogP contribution in [0.4, 0.5) is 14.9 Å². The Morgan fingerprint density at radius 1 is 1.40 bits per heavy atom. The molecule has 108 valence electrons. The van der Waals surface area contributed by atoms with Crippen LogP contribution < -0.4 is 9.64 Å². The number of halogens is 1. The molecular formula is C15H18FNO3. The maximum absolute atomic E-state index is 13.4. The van der Waals surface area contributed by atoms with Gasteiger partial charge in [-0.15, -0.1) is 0 Å². The van der Waals surface area contributed by atoms with E-state index in [2.05, 4.69) is 0 Å². The van der Waals surface area contributed by atoms with Gasteiger partial charge in [-0.1, -0.05) is 0 Å². The molecule has 1 aromatic rings. The molecule has 1 spiro atoms. The maximum atomic E-state index is 13.4. The van der Waals surface area contributed by atoms with Gasteiger partial charge in [0.05, 0.1) is 12.2 Å². The zero-order valence-electron chi connectivity index (χ0n) is 11.9. The van der Waals surface area contributed by atoms with Crippen molar-refractivity contribution in [3.8, 4) is 5.75 Å². The fraction of sp³-hybridized carbons (Fsp3) is 0.533. The van der Waals surface area contributed by atoms with Crippen LogP contribution in [0.25, 0.3) is 0 Å². The summed E-state index contributed by atoms with van der Waals surface area (Å²) in [6.07, 6.45) is 1.34. The number of carbonyl (C=O) groups is 1. The molecule has 0 N–H and O–H groups in total. The Kier molecular flexibility index (Phi) is 2.71. The van der Waals surface area contributed by atoms with E-state index in [9.17, 15) is 9.18 Å². The first kappa shape index (κ1) is 13.2. The lowest BCUT2D eigenvalue weighted by molar-refractivity contribution is 0.0537. The first-order chi connectivity index (χ1) is 9.28. The van der Waals surface area contributed by atoms with Crippen molar-refractivity contribution in [2.24, 2.45) is 0 Å². The van der Waals surface area contributed by atoms with Crippen LogP contribution in [0, 0.1) is 5.82 Å². The van der Waals surface area contributed by atoms with Gasteiger partial charge in [0, 0.05) is 6.07 Å². The zero-order chi connectivity index (χ0) is 14.5. The molecular weight excluding hydrogens is 261 g/mol. The van der Waals surface area contributed by atoms with E-state index in [-0.39, 0.29) is 11.4 Å². The number of nitrogens with zero attached hydrogens (tertiary/aromatic N) is 1. The van der Waals surface area contributed by atoms with Crippen molar-refractivity contribution in [3.63, 3.8) is 0 Å². The second-order valence-corrected chi connectivity index (χ2v) is 6.46. The normalized spacial score (nSPS) is 19.3. The Morgan fingerprint density at radius 2 is 2.10 bits per heavy atom. The van der Waals surface area contributed by atoms with Gasteiger partial charge in [0.1, 0.15) is 22.8 Å². The molecule has 20 heavy (non-hydrogen) atoms. The Labute approximate surface area is 117 Å². The fourth-order valence-corrected chi connectivity index (χ4v) is 2.31. The highest BCUT2D eigenvalue weighted by atomic mass is 19.1. The average molecular weight is 279 g/mol. The van der Waals surface area contributed by atoms with Crippen LogP contribution in [0.3, 0.4) is 0 Å². The summed E-state index contributed by atoms with van der Waals surface area (Å²) in [4.78, 5) is 13.9. The monoisotopic (exact) mass is 279 g/mol. The van der Waals surface area contributed by atoms with E-state index >= 15 is 0 Å². The molecule has 1 amide bonds. The van der Waals surface area contributed by atoms with Crippen LogP contribution in [0.2, 0.25) is 0 Å². The molecule has 4 nitrogen and oxygen atoms in total. The number of ether oxygens (including phenoxy) is 2.